The molecule has 2 bridgehead atoms. The molecule has 1 saturated carbocycles. The number of likely N-dealkylation sites (tertiary alicyclic amines) is 2. The summed E-state index contributed by atoms with van der Waals surface area (Å²) in [6, 6.07) is -0.394. The number of carbonyl (C=O) groups is 3. The van der Waals surface area contributed by atoms with Gasteiger partial charge in [-0.25, -0.2) is 0 Å². The molecule has 0 spiro atoms. The fraction of sp³-hybridized carbons (Fsp3) is 0.889. The van der Waals surface area contributed by atoms with Crippen LogP contribution in [0.3, 0.4) is 0 Å². The molecule has 0 N–H and O–H groups in total. The molecule has 4 aliphatic heterocycles. The predicted octanol–water partition coefficient (Wildman–Crippen LogP) is 2.92. The van der Waals surface area contributed by atoms with E-state index in [9.17, 15) is 14.4 Å². The summed E-state index contributed by atoms with van der Waals surface area (Å²) in [5.74, 6) is -1.77. The van der Waals surface area contributed by atoms with Gasteiger partial charge in [-0.05, 0) is 71.4 Å². The number of ether oxygens (including phenoxy) is 3. The predicted molar refractivity (Wildman–Crippen MR) is 128 cm³/mol. The fourth-order valence-electron chi connectivity index (χ4n) is 7.34. The number of esters is 2. The van der Waals surface area contributed by atoms with Crippen molar-refractivity contribution >= 4 is 17.8 Å². The van der Waals surface area contributed by atoms with Crippen LogP contribution in [-0.4, -0.2) is 83.3 Å². The highest BCUT2D eigenvalue weighted by Gasteiger charge is 2.73. The van der Waals surface area contributed by atoms with Gasteiger partial charge in [-0.1, -0.05) is 20.3 Å². The maximum atomic E-state index is 13.7. The lowest BCUT2D eigenvalue weighted by Gasteiger charge is -2.36. The van der Waals surface area contributed by atoms with Crippen molar-refractivity contribution in [1.82, 2.24) is 9.80 Å². The third-order valence-corrected chi connectivity index (χ3v) is 9.25. The average molecular weight is 491 g/mol. The van der Waals surface area contributed by atoms with Crippen molar-refractivity contribution in [3.05, 3.63) is 0 Å². The monoisotopic (exact) mass is 490 g/mol. The van der Waals surface area contributed by atoms with E-state index in [0.717, 1.165) is 38.8 Å². The van der Waals surface area contributed by atoms with Gasteiger partial charge in [-0.2, -0.15) is 0 Å². The summed E-state index contributed by atoms with van der Waals surface area (Å²) in [4.78, 5) is 44.2. The van der Waals surface area contributed by atoms with Gasteiger partial charge in [0.1, 0.15) is 17.6 Å². The summed E-state index contributed by atoms with van der Waals surface area (Å²) in [5.41, 5.74) is -0.474. The third kappa shape index (κ3) is 4.28. The summed E-state index contributed by atoms with van der Waals surface area (Å²) in [7, 11) is 0. The second kappa shape index (κ2) is 9.66. The van der Waals surface area contributed by atoms with Crippen molar-refractivity contribution in [1.29, 1.82) is 0 Å². The Morgan fingerprint density at radius 1 is 1.03 bits per heavy atom. The van der Waals surface area contributed by atoms with Crippen LogP contribution in [0.2, 0.25) is 0 Å². The summed E-state index contributed by atoms with van der Waals surface area (Å²) in [6.07, 6.45) is 6.02. The molecule has 4 saturated heterocycles. The number of fused-ring (bicyclic) bond motifs is 1. The average Bonchev–Trinajstić information content (AvgIpc) is 3.56. The number of hydrogen-bond acceptors (Lipinski definition) is 7. The van der Waals surface area contributed by atoms with Gasteiger partial charge in [-0.15, -0.1) is 0 Å². The lowest BCUT2D eigenvalue weighted by atomic mass is 9.78. The number of carbonyl (C=O) groups excluding carboxylic acids is 3. The molecular weight excluding hydrogens is 448 g/mol. The van der Waals surface area contributed by atoms with Crippen LogP contribution in [0.4, 0.5) is 0 Å². The Morgan fingerprint density at radius 3 is 2.34 bits per heavy atom. The van der Waals surface area contributed by atoms with E-state index in [4.69, 9.17) is 14.2 Å². The maximum Gasteiger partial charge on any atom is 0.313 e. The Balaban J connectivity index is 1.33. The van der Waals surface area contributed by atoms with Crippen LogP contribution >= 0.6 is 0 Å². The van der Waals surface area contributed by atoms with Crippen molar-refractivity contribution in [3.8, 4) is 0 Å². The SMILES string of the molecule is CC(C)N1C(=O)C2C3OC(C(OC(=O)CCN4CCCCC4)C31)C2C(=O)OC1(C(C)C)CCCC1. The van der Waals surface area contributed by atoms with E-state index in [0.29, 0.717) is 13.0 Å². The van der Waals surface area contributed by atoms with Gasteiger partial charge in [0.15, 0.2) is 6.10 Å². The number of nitrogens with zero attached hydrogens (tertiary/aromatic N) is 2. The molecule has 0 aromatic heterocycles. The molecule has 5 rings (SSSR count). The van der Waals surface area contributed by atoms with Crippen LogP contribution in [0, 0.1) is 17.8 Å². The first-order valence-corrected chi connectivity index (χ1v) is 13.9. The molecule has 8 heteroatoms. The molecule has 1 amide bonds. The summed E-state index contributed by atoms with van der Waals surface area (Å²) >= 11 is 0. The highest BCUT2D eigenvalue weighted by molar-refractivity contribution is 5.91. The van der Waals surface area contributed by atoms with Crippen molar-refractivity contribution in [2.24, 2.45) is 17.8 Å². The van der Waals surface area contributed by atoms with Gasteiger partial charge in [0, 0.05) is 12.6 Å². The topological polar surface area (TPSA) is 85.4 Å². The van der Waals surface area contributed by atoms with Crippen LogP contribution in [0.1, 0.15) is 79.1 Å². The number of amides is 1. The molecule has 0 aromatic carbocycles. The lowest BCUT2D eigenvalue weighted by molar-refractivity contribution is -0.177. The van der Waals surface area contributed by atoms with Crippen LogP contribution in [0.25, 0.3) is 0 Å². The number of rotatable bonds is 8. The molecule has 4 heterocycles. The number of hydrogen-bond donors (Lipinski definition) is 0. The number of piperidine rings is 1. The molecule has 1 aliphatic carbocycles. The lowest BCUT2D eigenvalue weighted by Crippen LogP contribution is -2.52. The van der Waals surface area contributed by atoms with Crippen LogP contribution in [0.5, 0.6) is 0 Å². The summed E-state index contributed by atoms with van der Waals surface area (Å²) < 4.78 is 18.5. The van der Waals surface area contributed by atoms with E-state index >= 15 is 0 Å². The Hall–Kier alpha value is -1.67. The maximum absolute atomic E-state index is 13.7. The normalized spacial score (nSPS) is 35.9. The van der Waals surface area contributed by atoms with Gasteiger partial charge in [0.25, 0.3) is 0 Å². The zero-order valence-electron chi connectivity index (χ0n) is 21.7. The van der Waals surface area contributed by atoms with E-state index in [1.165, 1.54) is 19.3 Å². The molecule has 196 valence electrons. The van der Waals surface area contributed by atoms with E-state index in [1.807, 2.05) is 13.8 Å². The molecule has 6 atom stereocenters. The van der Waals surface area contributed by atoms with E-state index in [2.05, 4.69) is 18.7 Å². The first-order valence-electron chi connectivity index (χ1n) is 13.9. The summed E-state index contributed by atoms with van der Waals surface area (Å²) in [5, 5.41) is 0. The zero-order valence-corrected chi connectivity index (χ0v) is 21.7. The first-order chi connectivity index (χ1) is 16.7. The zero-order chi connectivity index (χ0) is 24.9. The largest absolute Gasteiger partial charge is 0.458 e. The van der Waals surface area contributed by atoms with E-state index < -0.39 is 35.7 Å². The molecule has 8 nitrogen and oxygen atoms in total. The van der Waals surface area contributed by atoms with Crippen LogP contribution in [-0.2, 0) is 28.6 Å². The van der Waals surface area contributed by atoms with E-state index in [-0.39, 0.29) is 35.8 Å². The Kier molecular flexibility index (Phi) is 6.90. The van der Waals surface area contributed by atoms with Gasteiger partial charge in [-0.3, -0.25) is 14.4 Å². The van der Waals surface area contributed by atoms with Crippen LogP contribution in [0.15, 0.2) is 0 Å². The minimum Gasteiger partial charge on any atom is -0.458 e. The van der Waals surface area contributed by atoms with Gasteiger partial charge in [0.2, 0.25) is 5.91 Å². The van der Waals surface area contributed by atoms with Crippen molar-refractivity contribution < 1.29 is 28.6 Å². The van der Waals surface area contributed by atoms with E-state index in [1.54, 1.807) is 4.90 Å². The Morgan fingerprint density at radius 2 is 1.71 bits per heavy atom. The molecule has 0 aromatic rings. The van der Waals surface area contributed by atoms with Crippen molar-refractivity contribution in [3.63, 3.8) is 0 Å². The van der Waals surface area contributed by atoms with Crippen molar-refractivity contribution in [2.75, 3.05) is 19.6 Å². The molecule has 35 heavy (non-hydrogen) atoms. The molecule has 0 radical (unpaired) electrons. The van der Waals surface area contributed by atoms with Crippen LogP contribution < -0.4 is 0 Å². The van der Waals surface area contributed by atoms with Gasteiger partial charge in [0.05, 0.1) is 24.5 Å². The minimum atomic E-state index is -0.719. The second-order valence-electron chi connectivity index (χ2n) is 11.9. The smallest absolute Gasteiger partial charge is 0.313 e. The molecule has 5 aliphatic rings. The molecule has 6 unspecified atom stereocenters. The minimum absolute atomic E-state index is 0.0662. The molecule has 5 fully saturated rings. The van der Waals surface area contributed by atoms with Gasteiger partial charge < -0.3 is 24.0 Å². The first kappa shape index (κ1) is 25.0. The Labute approximate surface area is 209 Å². The highest BCUT2D eigenvalue weighted by Crippen LogP contribution is 2.54. The Bertz CT molecular complexity index is 832. The fourth-order valence-corrected chi connectivity index (χ4v) is 7.34. The quantitative estimate of drug-likeness (QED) is 0.484. The molecular formula is C27H42N2O6. The third-order valence-electron chi connectivity index (χ3n) is 9.25. The standard InChI is InChI=1S/C27H42N2O6/c1-16(2)27(11-6-7-12-27)35-26(32)20-19-22-21(29(17(3)4)25(19)31)24(23(20)34-22)33-18(30)10-15-28-13-8-5-9-14-28/h16-17,19-24H,5-15H2,1-4H3. The van der Waals surface area contributed by atoms with Crippen molar-refractivity contribution in [2.45, 2.75) is 115 Å². The van der Waals surface area contributed by atoms with Gasteiger partial charge >= 0.3 is 11.9 Å². The second-order valence-corrected chi connectivity index (χ2v) is 11.9. The summed E-state index contributed by atoms with van der Waals surface area (Å²) in [6.45, 7) is 10.9. The highest BCUT2D eigenvalue weighted by atomic mass is 16.6.